The quantitative estimate of drug-likeness (QED) is 0.421. The summed E-state index contributed by atoms with van der Waals surface area (Å²) in [5.41, 5.74) is 3.16. The fourth-order valence-electron chi connectivity index (χ4n) is 2.79. The van der Waals surface area contributed by atoms with Crippen LogP contribution in [-0.4, -0.2) is 11.6 Å². The first-order valence-electron chi connectivity index (χ1n) is 8.23. The van der Waals surface area contributed by atoms with Crippen molar-refractivity contribution in [2.75, 3.05) is 6.61 Å². The highest BCUT2D eigenvalue weighted by molar-refractivity contribution is 6.31. The normalized spacial score (nSPS) is 11.0. The molecule has 3 aromatic carbocycles. The highest BCUT2D eigenvalue weighted by Crippen LogP contribution is 2.31. The first kappa shape index (κ1) is 16.6. The summed E-state index contributed by atoms with van der Waals surface area (Å²) in [5, 5.41) is 0.559. The van der Waals surface area contributed by atoms with Gasteiger partial charge in [-0.05, 0) is 60.5 Å². The van der Waals surface area contributed by atoms with Crippen LogP contribution in [0.2, 0.25) is 5.02 Å². The van der Waals surface area contributed by atoms with Crippen molar-refractivity contribution in [3.63, 3.8) is 0 Å². The summed E-state index contributed by atoms with van der Waals surface area (Å²) in [6.07, 6.45) is 0. The largest absolute Gasteiger partial charge is 0.494 e. The Morgan fingerprint density at radius 1 is 1.00 bits per heavy atom. The van der Waals surface area contributed by atoms with Crippen LogP contribution in [0.15, 0.2) is 65.1 Å². The van der Waals surface area contributed by atoms with E-state index in [0.717, 1.165) is 16.9 Å². The van der Waals surface area contributed by atoms with Crippen LogP contribution in [-0.2, 0) is 0 Å². The molecule has 0 amide bonds. The fourth-order valence-corrected chi connectivity index (χ4v) is 2.96. The van der Waals surface area contributed by atoms with Crippen molar-refractivity contribution in [2.45, 2.75) is 6.92 Å². The molecule has 3 nitrogen and oxygen atoms in total. The fraction of sp³-hybridized carbons (Fsp3) is 0.0952. The number of fused-ring (bicyclic) bond motifs is 1. The van der Waals surface area contributed by atoms with E-state index in [2.05, 4.69) is 4.98 Å². The first-order chi connectivity index (χ1) is 12.6. The number of hydrogen-bond acceptors (Lipinski definition) is 3. The third-order valence-corrected chi connectivity index (χ3v) is 4.28. The second kappa shape index (κ2) is 6.81. The number of rotatable bonds is 4. The summed E-state index contributed by atoms with van der Waals surface area (Å²) in [4.78, 5) is 4.33. The van der Waals surface area contributed by atoms with E-state index in [1.54, 1.807) is 24.3 Å². The minimum absolute atomic E-state index is 0.234. The van der Waals surface area contributed by atoms with Gasteiger partial charge in [0.25, 0.3) is 0 Å². The Hall–Kier alpha value is -2.85. The summed E-state index contributed by atoms with van der Waals surface area (Å²) in [6.45, 7) is 2.54. The van der Waals surface area contributed by atoms with E-state index in [1.807, 2.05) is 37.3 Å². The molecule has 0 aliphatic heterocycles. The van der Waals surface area contributed by atoms with E-state index in [1.165, 1.54) is 6.07 Å². The molecule has 130 valence electrons. The Morgan fingerprint density at radius 2 is 1.77 bits per heavy atom. The standard InChI is InChI=1S/C21H15ClFNO2/c1-2-25-16-7-3-13(4-8-16)14-5-9-17(18(23)11-14)21-24-19-12-15(22)6-10-20(19)26-21/h3-12H,2H2,1H3. The molecule has 0 atom stereocenters. The number of benzene rings is 3. The molecule has 0 aliphatic carbocycles. The van der Waals surface area contributed by atoms with Crippen molar-refractivity contribution < 1.29 is 13.5 Å². The average Bonchev–Trinajstić information content (AvgIpc) is 3.05. The molecule has 5 heteroatoms. The van der Waals surface area contributed by atoms with E-state index in [-0.39, 0.29) is 5.89 Å². The molecule has 1 aromatic heterocycles. The lowest BCUT2D eigenvalue weighted by atomic mass is 10.0. The Balaban J connectivity index is 1.68. The van der Waals surface area contributed by atoms with Crippen LogP contribution >= 0.6 is 11.6 Å². The molecular formula is C21H15ClFNO2. The van der Waals surface area contributed by atoms with Gasteiger partial charge in [-0.3, -0.25) is 0 Å². The van der Waals surface area contributed by atoms with Gasteiger partial charge >= 0.3 is 0 Å². The van der Waals surface area contributed by atoms with E-state index in [9.17, 15) is 4.39 Å². The predicted molar refractivity (Wildman–Crippen MR) is 101 cm³/mol. The van der Waals surface area contributed by atoms with Crippen molar-refractivity contribution in [1.82, 2.24) is 4.98 Å². The molecule has 0 fully saturated rings. The van der Waals surface area contributed by atoms with Crippen LogP contribution in [0.3, 0.4) is 0 Å². The van der Waals surface area contributed by atoms with Gasteiger partial charge in [0.15, 0.2) is 5.58 Å². The molecule has 4 aromatic rings. The lowest BCUT2D eigenvalue weighted by Gasteiger charge is -2.06. The minimum atomic E-state index is -0.394. The second-order valence-electron chi connectivity index (χ2n) is 5.78. The predicted octanol–water partition coefficient (Wildman–Crippen LogP) is 6.35. The molecule has 0 saturated carbocycles. The maximum atomic E-state index is 14.7. The summed E-state index contributed by atoms with van der Waals surface area (Å²) >= 11 is 5.96. The van der Waals surface area contributed by atoms with E-state index < -0.39 is 5.82 Å². The van der Waals surface area contributed by atoms with E-state index in [4.69, 9.17) is 20.8 Å². The van der Waals surface area contributed by atoms with Crippen LogP contribution in [0, 0.1) is 5.82 Å². The number of oxazole rings is 1. The molecule has 1 heterocycles. The van der Waals surface area contributed by atoms with Gasteiger partial charge in [-0.2, -0.15) is 0 Å². The van der Waals surface area contributed by atoms with Crippen LogP contribution < -0.4 is 4.74 Å². The third-order valence-electron chi connectivity index (χ3n) is 4.05. The summed E-state index contributed by atoms with van der Waals surface area (Å²) < 4.78 is 25.8. The molecule has 0 radical (unpaired) electrons. The summed E-state index contributed by atoms with van der Waals surface area (Å²) in [7, 11) is 0. The van der Waals surface area contributed by atoms with Crippen LogP contribution in [0.1, 0.15) is 6.92 Å². The van der Waals surface area contributed by atoms with Gasteiger partial charge in [-0.1, -0.05) is 29.8 Å². The Morgan fingerprint density at radius 3 is 2.50 bits per heavy atom. The number of halogens is 2. The SMILES string of the molecule is CCOc1ccc(-c2ccc(-c3nc4cc(Cl)ccc4o3)c(F)c2)cc1. The van der Waals surface area contributed by atoms with Gasteiger partial charge in [0, 0.05) is 5.02 Å². The van der Waals surface area contributed by atoms with E-state index >= 15 is 0 Å². The number of aromatic nitrogens is 1. The monoisotopic (exact) mass is 367 g/mol. The van der Waals surface area contributed by atoms with Gasteiger partial charge in [-0.25, -0.2) is 9.37 Å². The number of ether oxygens (including phenoxy) is 1. The Kier molecular flexibility index (Phi) is 4.35. The molecular weight excluding hydrogens is 353 g/mol. The second-order valence-corrected chi connectivity index (χ2v) is 6.22. The third kappa shape index (κ3) is 3.16. The maximum absolute atomic E-state index is 14.7. The van der Waals surface area contributed by atoms with Gasteiger partial charge < -0.3 is 9.15 Å². The Bertz CT molecular complexity index is 1070. The minimum Gasteiger partial charge on any atom is -0.494 e. The van der Waals surface area contributed by atoms with Crippen molar-refractivity contribution in [1.29, 1.82) is 0 Å². The summed E-state index contributed by atoms with van der Waals surface area (Å²) in [5.74, 6) is 0.630. The summed E-state index contributed by atoms with van der Waals surface area (Å²) in [6, 6.07) is 17.7. The van der Waals surface area contributed by atoms with Crippen LogP contribution in [0.4, 0.5) is 4.39 Å². The Labute approximate surface area is 155 Å². The molecule has 0 bridgehead atoms. The van der Waals surface area contributed by atoms with Crippen molar-refractivity contribution in [2.24, 2.45) is 0 Å². The van der Waals surface area contributed by atoms with Crippen molar-refractivity contribution in [3.8, 4) is 28.3 Å². The molecule has 0 N–H and O–H groups in total. The van der Waals surface area contributed by atoms with Gasteiger partial charge in [0.1, 0.15) is 17.1 Å². The van der Waals surface area contributed by atoms with E-state index in [0.29, 0.717) is 28.3 Å². The van der Waals surface area contributed by atoms with Crippen molar-refractivity contribution in [3.05, 3.63) is 71.5 Å². The van der Waals surface area contributed by atoms with Crippen LogP contribution in [0.5, 0.6) is 5.75 Å². The number of hydrogen-bond donors (Lipinski definition) is 0. The molecule has 4 rings (SSSR count). The average molecular weight is 368 g/mol. The number of nitrogens with zero attached hydrogens (tertiary/aromatic N) is 1. The zero-order valence-electron chi connectivity index (χ0n) is 14.0. The first-order valence-corrected chi connectivity index (χ1v) is 8.61. The lowest BCUT2D eigenvalue weighted by Crippen LogP contribution is -1.91. The van der Waals surface area contributed by atoms with Gasteiger partial charge in [0.2, 0.25) is 5.89 Å². The molecule has 0 spiro atoms. The molecule has 26 heavy (non-hydrogen) atoms. The highest BCUT2D eigenvalue weighted by atomic mass is 35.5. The topological polar surface area (TPSA) is 35.3 Å². The zero-order chi connectivity index (χ0) is 18.1. The van der Waals surface area contributed by atoms with Gasteiger partial charge in [-0.15, -0.1) is 0 Å². The molecule has 0 unspecified atom stereocenters. The highest BCUT2D eigenvalue weighted by Gasteiger charge is 2.14. The zero-order valence-corrected chi connectivity index (χ0v) is 14.8. The van der Waals surface area contributed by atoms with Gasteiger partial charge in [0.05, 0.1) is 12.2 Å². The van der Waals surface area contributed by atoms with Crippen LogP contribution in [0.25, 0.3) is 33.7 Å². The molecule has 0 aliphatic rings. The smallest absolute Gasteiger partial charge is 0.230 e. The lowest BCUT2D eigenvalue weighted by molar-refractivity contribution is 0.340. The maximum Gasteiger partial charge on any atom is 0.230 e. The molecule has 0 saturated heterocycles. The van der Waals surface area contributed by atoms with Crippen molar-refractivity contribution >= 4 is 22.7 Å².